The molecule has 0 aliphatic rings. The van der Waals surface area contributed by atoms with E-state index in [-0.39, 0.29) is 5.69 Å². The molecule has 0 spiro atoms. The van der Waals surface area contributed by atoms with Crippen LogP contribution in [0.25, 0.3) is 17.1 Å². The van der Waals surface area contributed by atoms with Gasteiger partial charge in [0.2, 0.25) is 5.82 Å². The summed E-state index contributed by atoms with van der Waals surface area (Å²) in [6, 6.07) is 11.3. The summed E-state index contributed by atoms with van der Waals surface area (Å²) in [5.41, 5.74) is 2.18. The van der Waals surface area contributed by atoms with Crippen molar-refractivity contribution in [1.82, 2.24) is 30.0 Å². The molecule has 12 heteroatoms. The van der Waals surface area contributed by atoms with Gasteiger partial charge in [0.05, 0.1) is 27.7 Å². The van der Waals surface area contributed by atoms with Crippen LogP contribution in [0.5, 0.6) is 0 Å². The molecule has 0 amide bonds. The average Bonchev–Trinajstić information content (AvgIpc) is 3.30. The van der Waals surface area contributed by atoms with Crippen LogP contribution in [0.3, 0.4) is 0 Å². The van der Waals surface area contributed by atoms with Crippen LogP contribution in [-0.2, 0) is 6.54 Å². The van der Waals surface area contributed by atoms with E-state index in [1.54, 1.807) is 41.2 Å². The first kappa shape index (κ1) is 19.7. The highest BCUT2D eigenvalue weighted by Crippen LogP contribution is 2.27. The molecule has 9 nitrogen and oxygen atoms in total. The van der Waals surface area contributed by atoms with Crippen molar-refractivity contribution in [1.29, 1.82) is 0 Å². The predicted octanol–water partition coefficient (Wildman–Crippen LogP) is 4.39. The largest absolute Gasteiger partial charge is 0.269 e. The van der Waals surface area contributed by atoms with Gasteiger partial charge in [0.15, 0.2) is 0 Å². The number of benzene rings is 2. The number of non-ortho nitro benzene ring substituents is 1. The maximum atomic E-state index is 10.7. The third-order valence-electron chi connectivity index (χ3n) is 3.99. The lowest BCUT2D eigenvalue weighted by atomic mass is 10.2. The first-order valence-corrected chi connectivity index (χ1v) is 9.96. The van der Waals surface area contributed by atoms with Crippen LogP contribution in [0.4, 0.5) is 5.69 Å². The van der Waals surface area contributed by atoms with Crippen molar-refractivity contribution in [3.8, 4) is 17.1 Å². The summed E-state index contributed by atoms with van der Waals surface area (Å²) in [4.78, 5) is 11.7. The number of hydrogen-bond donors (Lipinski definition) is 0. The first-order valence-electron chi connectivity index (χ1n) is 8.13. The van der Waals surface area contributed by atoms with E-state index in [1.165, 1.54) is 16.9 Å². The van der Waals surface area contributed by atoms with Crippen LogP contribution in [0.1, 0.15) is 5.56 Å². The predicted molar refractivity (Wildman–Crippen MR) is 115 cm³/mol. The van der Waals surface area contributed by atoms with Gasteiger partial charge >= 0.3 is 0 Å². The summed E-state index contributed by atoms with van der Waals surface area (Å²) in [5, 5.41) is 28.8. The Kier molecular flexibility index (Phi) is 5.48. The van der Waals surface area contributed by atoms with Gasteiger partial charge in [-0.1, -0.05) is 35.3 Å². The molecule has 0 unspecified atom stereocenters. The number of nitrogens with zero attached hydrogens (tertiary/aromatic N) is 7. The lowest BCUT2D eigenvalue weighted by Crippen LogP contribution is -2.04. The standard InChI is InChI=1S/C17H10Cl2IN7O2/c18-11-3-6-14(19)15(7-11)25-9-13(16(20)22-25)17-21-24-26(23-17)8-10-1-4-12(5-2-10)27(28)29/h1-7,9H,8H2. The van der Waals surface area contributed by atoms with Crippen molar-refractivity contribution in [2.24, 2.45) is 0 Å². The molecule has 0 atom stereocenters. The molecule has 4 aromatic rings. The number of nitro benzene ring substituents is 1. The van der Waals surface area contributed by atoms with Crippen molar-refractivity contribution < 1.29 is 4.92 Å². The van der Waals surface area contributed by atoms with Crippen LogP contribution in [0, 0.1) is 13.8 Å². The SMILES string of the molecule is O=[N+]([O-])c1ccc(Cn2nnc(-c3cn(-c4cc(Cl)ccc4Cl)nc3I)n2)cc1. The molecule has 2 aromatic heterocycles. The monoisotopic (exact) mass is 541 g/mol. The van der Waals surface area contributed by atoms with Crippen LogP contribution in [0.2, 0.25) is 10.0 Å². The second kappa shape index (κ2) is 8.05. The zero-order valence-electron chi connectivity index (χ0n) is 14.4. The van der Waals surface area contributed by atoms with Crippen LogP contribution in [-0.4, -0.2) is 34.9 Å². The maximum absolute atomic E-state index is 10.7. The molecule has 0 aliphatic heterocycles. The Morgan fingerprint density at radius 1 is 1.10 bits per heavy atom. The summed E-state index contributed by atoms with van der Waals surface area (Å²) in [6.07, 6.45) is 1.76. The van der Waals surface area contributed by atoms with Crippen molar-refractivity contribution in [2.75, 3.05) is 0 Å². The zero-order chi connectivity index (χ0) is 20.5. The van der Waals surface area contributed by atoms with Crippen molar-refractivity contribution in [3.63, 3.8) is 0 Å². The number of tetrazole rings is 1. The van der Waals surface area contributed by atoms with E-state index >= 15 is 0 Å². The highest BCUT2D eigenvalue weighted by atomic mass is 127. The highest BCUT2D eigenvalue weighted by molar-refractivity contribution is 14.1. The molecule has 29 heavy (non-hydrogen) atoms. The number of aromatic nitrogens is 6. The minimum absolute atomic E-state index is 0.0302. The number of hydrogen-bond acceptors (Lipinski definition) is 6. The van der Waals surface area contributed by atoms with Gasteiger partial charge < -0.3 is 0 Å². The summed E-state index contributed by atoms with van der Waals surface area (Å²) >= 11 is 14.4. The molecule has 2 aromatic carbocycles. The summed E-state index contributed by atoms with van der Waals surface area (Å²) in [5.74, 6) is 0.403. The normalized spacial score (nSPS) is 11.0. The Bertz CT molecular complexity index is 1210. The molecule has 146 valence electrons. The summed E-state index contributed by atoms with van der Waals surface area (Å²) in [6.45, 7) is 0.329. The van der Waals surface area contributed by atoms with E-state index < -0.39 is 4.92 Å². The fourth-order valence-corrected chi connectivity index (χ4v) is 3.58. The highest BCUT2D eigenvalue weighted by Gasteiger charge is 2.16. The van der Waals surface area contributed by atoms with E-state index in [2.05, 4.69) is 43.1 Å². The number of rotatable bonds is 5. The van der Waals surface area contributed by atoms with Gasteiger partial charge in [-0.3, -0.25) is 10.1 Å². The molecular formula is C17H10Cl2IN7O2. The topological polar surface area (TPSA) is 105 Å². The lowest BCUT2D eigenvalue weighted by molar-refractivity contribution is -0.384. The van der Waals surface area contributed by atoms with Gasteiger partial charge in [-0.15, -0.1) is 10.2 Å². The molecular weight excluding hydrogens is 532 g/mol. The van der Waals surface area contributed by atoms with Crippen molar-refractivity contribution in [3.05, 3.63) is 78.1 Å². The third kappa shape index (κ3) is 4.23. The fourth-order valence-electron chi connectivity index (χ4n) is 2.59. The quantitative estimate of drug-likeness (QED) is 0.211. The molecule has 4 rings (SSSR count). The van der Waals surface area contributed by atoms with E-state index in [0.717, 1.165) is 5.56 Å². The summed E-state index contributed by atoms with van der Waals surface area (Å²) in [7, 11) is 0. The molecule has 0 N–H and O–H groups in total. The van der Waals surface area contributed by atoms with Gasteiger partial charge in [-0.05, 0) is 51.6 Å². The lowest BCUT2D eigenvalue weighted by Gasteiger charge is -2.04. The Morgan fingerprint density at radius 2 is 1.86 bits per heavy atom. The van der Waals surface area contributed by atoms with E-state index in [1.807, 2.05) is 0 Å². The third-order valence-corrected chi connectivity index (χ3v) is 5.34. The van der Waals surface area contributed by atoms with Gasteiger partial charge in [-0.25, -0.2) is 4.68 Å². The molecule has 0 fully saturated rings. The van der Waals surface area contributed by atoms with Gasteiger partial charge in [-0.2, -0.15) is 9.90 Å². The van der Waals surface area contributed by atoms with Crippen molar-refractivity contribution in [2.45, 2.75) is 6.54 Å². The van der Waals surface area contributed by atoms with E-state index in [9.17, 15) is 10.1 Å². The molecule has 0 bridgehead atoms. The van der Waals surface area contributed by atoms with Gasteiger partial charge in [0.25, 0.3) is 5.69 Å². The Morgan fingerprint density at radius 3 is 2.59 bits per heavy atom. The van der Waals surface area contributed by atoms with Crippen LogP contribution >= 0.6 is 45.8 Å². The molecule has 0 radical (unpaired) electrons. The zero-order valence-corrected chi connectivity index (χ0v) is 18.1. The van der Waals surface area contributed by atoms with E-state index in [0.29, 0.717) is 37.4 Å². The van der Waals surface area contributed by atoms with Crippen LogP contribution < -0.4 is 0 Å². The maximum Gasteiger partial charge on any atom is 0.269 e. The minimum atomic E-state index is -0.443. The summed E-state index contributed by atoms with van der Waals surface area (Å²) < 4.78 is 2.29. The molecule has 2 heterocycles. The second-order valence-corrected chi connectivity index (χ2v) is 7.81. The first-order chi connectivity index (χ1) is 13.9. The smallest absolute Gasteiger partial charge is 0.258 e. The van der Waals surface area contributed by atoms with Crippen LogP contribution in [0.15, 0.2) is 48.7 Å². The Balaban J connectivity index is 1.59. The molecule has 0 aliphatic carbocycles. The second-order valence-electron chi connectivity index (χ2n) is 5.94. The van der Waals surface area contributed by atoms with Gasteiger partial charge in [0, 0.05) is 23.4 Å². The fraction of sp³-hybridized carbons (Fsp3) is 0.0588. The molecule has 0 saturated carbocycles. The van der Waals surface area contributed by atoms with E-state index in [4.69, 9.17) is 23.2 Å². The minimum Gasteiger partial charge on any atom is -0.258 e. The van der Waals surface area contributed by atoms with Gasteiger partial charge in [0.1, 0.15) is 3.70 Å². The average molecular weight is 542 g/mol. The molecule has 0 saturated heterocycles. The number of halogens is 3. The number of nitro groups is 1. The van der Waals surface area contributed by atoms with Crippen molar-refractivity contribution >= 4 is 51.5 Å². The Labute approximate surface area is 187 Å². The Hall–Kier alpha value is -2.57.